The van der Waals surface area contributed by atoms with Gasteiger partial charge >= 0.3 is 0 Å². The molecule has 126 valence electrons. The van der Waals surface area contributed by atoms with E-state index in [0.29, 0.717) is 6.54 Å². The molecular formula is C18H18N6S. The van der Waals surface area contributed by atoms with Crippen LogP contribution in [-0.4, -0.2) is 24.6 Å². The third-order valence-corrected chi connectivity index (χ3v) is 5.99. The van der Waals surface area contributed by atoms with E-state index >= 15 is 0 Å². The number of rotatable bonds is 3. The van der Waals surface area contributed by atoms with Crippen LogP contribution in [0.1, 0.15) is 29.3 Å². The summed E-state index contributed by atoms with van der Waals surface area (Å²) in [6, 6.07) is 3.98. The lowest BCUT2D eigenvalue weighted by Gasteiger charge is -2.17. The Labute approximate surface area is 149 Å². The molecule has 4 aromatic heterocycles. The molecule has 0 bridgehead atoms. The third kappa shape index (κ3) is 2.46. The summed E-state index contributed by atoms with van der Waals surface area (Å²) in [4.78, 5) is 16.1. The van der Waals surface area contributed by atoms with E-state index in [-0.39, 0.29) is 0 Å². The molecule has 6 nitrogen and oxygen atoms in total. The van der Waals surface area contributed by atoms with Crippen molar-refractivity contribution in [3.05, 3.63) is 46.9 Å². The van der Waals surface area contributed by atoms with Crippen molar-refractivity contribution in [1.29, 1.82) is 0 Å². The minimum Gasteiger partial charge on any atom is -0.350 e. The Morgan fingerprint density at radius 1 is 1.40 bits per heavy atom. The number of aryl methyl sites for hydroxylation is 1. The largest absolute Gasteiger partial charge is 0.350 e. The Morgan fingerprint density at radius 3 is 3.24 bits per heavy atom. The summed E-state index contributed by atoms with van der Waals surface area (Å²) < 4.78 is 1.82. The molecule has 1 N–H and O–H groups in total. The van der Waals surface area contributed by atoms with Gasteiger partial charge in [0.1, 0.15) is 11.2 Å². The number of nitrogens with one attached hydrogen (secondary N) is 1. The highest BCUT2D eigenvalue weighted by molar-refractivity contribution is 7.19. The molecule has 0 spiro atoms. The number of fused-ring (bicyclic) bond motifs is 5. The zero-order valence-corrected chi connectivity index (χ0v) is 14.8. The van der Waals surface area contributed by atoms with Crippen molar-refractivity contribution >= 4 is 33.1 Å². The Balaban J connectivity index is 1.60. The van der Waals surface area contributed by atoms with Crippen molar-refractivity contribution in [3.8, 4) is 0 Å². The Hall–Kier alpha value is -2.54. The van der Waals surface area contributed by atoms with E-state index < -0.39 is 0 Å². The second kappa shape index (κ2) is 5.77. The van der Waals surface area contributed by atoms with Gasteiger partial charge < -0.3 is 5.32 Å². The highest BCUT2D eigenvalue weighted by Gasteiger charge is 2.24. The highest BCUT2D eigenvalue weighted by Crippen LogP contribution is 2.39. The van der Waals surface area contributed by atoms with Crippen LogP contribution in [0.3, 0.4) is 0 Å². The monoisotopic (exact) mass is 350 g/mol. The van der Waals surface area contributed by atoms with Crippen molar-refractivity contribution in [2.45, 2.75) is 32.7 Å². The van der Waals surface area contributed by atoms with Crippen LogP contribution in [0.15, 0.2) is 30.9 Å². The number of anilines is 1. The SMILES string of the molecule is C[C@@H]1CCc2c(sc3nc(NCc4cccnc4)n4ncnc4c23)C1. The Bertz CT molecular complexity index is 1050. The normalized spacial score (nSPS) is 17.1. The van der Waals surface area contributed by atoms with Gasteiger partial charge in [0.15, 0.2) is 5.65 Å². The minimum absolute atomic E-state index is 0.656. The summed E-state index contributed by atoms with van der Waals surface area (Å²) in [6.45, 7) is 2.98. The van der Waals surface area contributed by atoms with Crippen molar-refractivity contribution in [1.82, 2.24) is 24.6 Å². The lowest BCUT2D eigenvalue weighted by molar-refractivity contribution is 0.509. The third-order valence-electron chi connectivity index (χ3n) is 4.85. The van der Waals surface area contributed by atoms with Gasteiger partial charge in [-0.05, 0) is 42.4 Å². The first-order chi connectivity index (χ1) is 12.3. The number of pyridine rings is 1. The molecule has 5 rings (SSSR count). The van der Waals surface area contributed by atoms with E-state index in [2.05, 4.69) is 27.3 Å². The fourth-order valence-corrected chi connectivity index (χ4v) is 4.93. The molecule has 0 aromatic carbocycles. The van der Waals surface area contributed by atoms with Gasteiger partial charge in [-0.1, -0.05) is 13.0 Å². The molecule has 0 aliphatic heterocycles. The highest BCUT2D eigenvalue weighted by atomic mass is 32.1. The van der Waals surface area contributed by atoms with E-state index in [1.165, 1.54) is 22.2 Å². The first-order valence-corrected chi connectivity index (χ1v) is 9.38. The van der Waals surface area contributed by atoms with E-state index in [0.717, 1.165) is 40.7 Å². The molecule has 7 heteroatoms. The van der Waals surface area contributed by atoms with Crippen LogP contribution in [0.4, 0.5) is 5.95 Å². The van der Waals surface area contributed by atoms with E-state index in [1.54, 1.807) is 12.5 Å². The number of aromatic nitrogens is 5. The molecule has 0 saturated heterocycles. The maximum absolute atomic E-state index is 4.87. The molecule has 0 amide bonds. The zero-order chi connectivity index (χ0) is 16.8. The van der Waals surface area contributed by atoms with Crippen molar-refractivity contribution in [3.63, 3.8) is 0 Å². The number of thiophene rings is 1. The molecule has 0 fully saturated rings. The van der Waals surface area contributed by atoms with Crippen LogP contribution in [0, 0.1) is 5.92 Å². The smallest absolute Gasteiger partial charge is 0.227 e. The van der Waals surface area contributed by atoms with Gasteiger partial charge in [0.05, 0.1) is 5.39 Å². The van der Waals surface area contributed by atoms with Crippen molar-refractivity contribution in [2.24, 2.45) is 5.92 Å². The van der Waals surface area contributed by atoms with Gasteiger partial charge in [0, 0.05) is 23.8 Å². The van der Waals surface area contributed by atoms with Gasteiger partial charge in [0.25, 0.3) is 0 Å². The predicted octanol–water partition coefficient (Wildman–Crippen LogP) is 3.47. The second-order valence-electron chi connectivity index (χ2n) is 6.68. The number of hydrogen-bond donors (Lipinski definition) is 1. The lowest BCUT2D eigenvalue weighted by Crippen LogP contribution is -2.10. The molecule has 1 aliphatic carbocycles. The molecule has 4 heterocycles. The van der Waals surface area contributed by atoms with Crippen LogP contribution >= 0.6 is 11.3 Å². The summed E-state index contributed by atoms with van der Waals surface area (Å²) in [5, 5.41) is 8.97. The summed E-state index contributed by atoms with van der Waals surface area (Å²) in [7, 11) is 0. The first kappa shape index (κ1) is 14.8. The first-order valence-electron chi connectivity index (χ1n) is 8.56. The number of hydrogen-bond acceptors (Lipinski definition) is 6. The fraction of sp³-hybridized carbons (Fsp3) is 0.333. The van der Waals surface area contributed by atoms with Crippen LogP contribution < -0.4 is 5.32 Å². The standard InChI is InChI=1S/C18H18N6S/c1-11-4-5-13-14(7-11)25-17-15(13)16-21-10-22-24(16)18(23-17)20-9-12-3-2-6-19-8-12/h2-3,6,8,10-11H,4-5,7,9H2,1H3,(H,20,23)/t11-/m1/s1. The molecule has 4 aromatic rings. The summed E-state index contributed by atoms with van der Waals surface area (Å²) >= 11 is 1.81. The fourth-order valence-electron chi connectivity index (χ4n) is 3.55. The van der Waals surface area contributed by atoms with Crippen LogP contribution in [-0.2, 0) is 19.4 Å². The van der Waals surface area contributed by atoms with Gasteiger partial charge in [-0.2, -0.15) is 9.61 Å². The molecule has 0 radical (unpaired) electrons. The summed E-state index contributed by atoms with van der Waals surface area (Å²) in [5.74, 6) is 1.48. The van der Waals surface area contributed by atoms with Crippen LogP contribution in [0.25, 0.3) is 15.9 Å². The molecule has 1 aliphatic rings. The Morgan fingerprint density at radius 2 is 2.36 bits per heavy atom. The second-order valence-corrected chi connectivity index (χ2v) is 7.76. The Kier molecular flexibility index (Phi) is 3.41. The average molecular weight is 350 g/mol. The van der Waals surface area contributed by atoms with Gasteiger partial charge in [-0.15, -0.1) is 11.3 Å². The van der Waals surface area contributed by atoms with Crippen molar-refractivity contribution < 1.29 is 0 Å². The van der Waals surface area contributed by atoms with Gasteiger partial charge in [-0.3, -0.25) is 4.98 Å². The predicted molar refractivity (Wildman–Crippen MR) is 98.9 cm³/mol. The van der Waals surface area contributed by atoms with E-state index in [1.807, 2.05) is 34.2 Å². The lowest BCUT2D eigenvalue weighted by atomic mass is 9.89. The van der Waals surface area contributed by atoms with E-state index in [4.69, 9.17) is 4.98 Å². The molecule has 25 heavy (non-hydrogen) atoms. The summed E-state index contributed by atoms with van der Waals surface area (Å²) in [6.07, 6.45) is 8.75. The zero-order valence-electron chi connectivity index (χ0n) is 13.9. The van der Waals surface area contributed by atoms with Gasteiger partial charge in [-0.25, -0.2) is 9.97 Å². The van der Waals surface area contributed by atoms with E-state index in [9.17, 15) is 0 Å². The maximum atomic E-state index is 4.87. The molecule has 0 unspecified atom stereocenters. The molecule has 1 atom stereocenters. The van der Waals surface area contributed by atoms with Crippen LogP contribution in [0.5, 0.6) is 0 Å². The topological polar surface area (TPSA) is 68.0 Å². The van der Waals surface area contributed by atoms with Crippen molar-refractivity contribution in [2.75, 3.05) is 5.32 Å². The quantitative estimate of drug-likeness (QED) is 0.613. The molecular weight excluding hydrogens is 332 g/mol. The van der Waals surface area contributed by atoms with Gasteiger partial charge in [0.2, 0.25) is 5.95 Å². The summed E-state index contributed by atoms with van der Waals surface area (Å²) in [5.41, 5.74) is 3.45. The molecule has 0 saturated carbocycles. The van der Waals surface area contributed by atoms with Crippen LogP contribution in [0.2, 0.25) is 0 Å². The average Bonchev–Trinajstić information content (AvgIpc) is 3.23. The minimum atomic E-state index is 0.656. The number of nitrogens with zero attached hydrogens (tertiary/aromatic N) is 5. The maximum Gasteiger partial charge on any atom is 0.227 e.